The van der Waals surface area contributed by atoms with Crippen molar-refractivity contribution >= 4 is 63.3 Å². The normalized spacial score (nSPS) is 11.6. The van der Waals surface area contributed by atoms with Gasteiger partial charge in [-0.2, -0.15) is 18.3 Å². The molecule has 0 atom stereocenters. The van der Waals surface area contributed by atoms with Crippen molar-refractivity contribution in [2.75, 3.05) is 12.4 Å². The van der Waals surface area contributed by atoms with Crippen LogP contribution in [0.4, 0.5) is 18.9 Å². The zero-order chi connectivity index (χ0) is 30.3. The Morgan fingerprint density at radius 1 is 1.02 bits per heavy atom. The number of hydrogen-bond donors (Lipinski definition) is 2. The molecule has 5 rings (SSSR count). The number of nitrogens with one attached hydrogen (secondary N) is 2. The molecule has 0 unspecified atom stereocenters. The van der Waals surface area contributed by atoms with E-state index in [9.17, 15) is 22.8 Å². The minimum Gasteiger partial charge on any atom is -0.355 e. The molecule has 16 heteroatoms. The summed E-state index contributed by atoms with van der Waals surface area (Å²) in [6, 6.07) is 9.18. The predicted molar refractivity (Wildman–Crippen MR) is 151 cm³/mol. The Morgan fingerprint density at radius 3 is 2.48 bits per heavy atom. The zero-order valence-electron chi connectivity index (χ0n) is 21.6. The first kappa shape index (κ1) is 29.3. The molecule has 216 valence electrons. The number of anilines is 1. The van der Waals surface area contributed by atoms with Gasteiger partial charge in [-0.25, -0.2) is 14.3 Å². The van der Waals surface area contributed by atoms with Crippen molar-refractivity contribution in [3.05, 3.63) is 91.8 Å². The number of alkyl halides is 3. The topological polar surface area (TPSA) is 120 Å². The number of fused-ring (bicyclic) bond motifs is 1. The van der Waals surface area contributed by atoms with Gasteiger partial charge in [0.15, 0.2) is 5.82 Å². The van der Waals surface area contributed by atoms with Crippen LogP contribution < -0.4 is 10.6 Å². The highest BCUT2D eigenvalue weighted by Gasteiger charge is 2.32. The number of benzene rings is 2. The first-order valence-corrected chi connectivity index (χ1v) is 13.1. The van der Waals surface area contributed by atoms with Crippen molar-refractivity contribution in [1.82, 2.24) is 35.1 Å². The van der Waals surface area contributed by atoms with E-state index in [1.165, 1.54) is 34.7 Å². The molecule has 10 nitrogen and oxygen atoms in total. The van der Waals surface area contributed by atoms with E-state index >= 15 is 0 Å². The molecule has 0 saturated heterocycles. The largest absolute Gasteiger partial charge is 0.416 e. The number of carbonyl (C=O) groups excluding carboxylic acids is 2. The summed E-state index contributed by atoms with van der Waals surface area (Å²) >= 11 is 18.6. The number of rotatable bonds is 6. The Kier molecular flexibility index (Phi) is 7.84. The fourth-order valence-corrected chi connectivity index (χ4v) is 4.95. The highest BCUT2D eigenvalue weighted by atomic mass is 35.5. The second-order valence-corrected chi connectivity index (χ2v) is 10.2. The van der Waals surface area contributed by atoms with E-state index in [1.54, 1.807) is 25.1 Å². The number of halogens is 6. The summed E-state index contributed by atoms with van der Waals surface area (Å²) in [6.45, 7) is 1.48. The number of nitrogens with zero attached hydrogens (tertiary/aromatic N) is 6. The first-order chi connectivity index (χ1) is 19.9. The van der Waals surface area contributed by atoms with E-state index in [2.05, 4.69) is 31.0 Å². The second kappa shape index (κ2) is 11.2. The monoisotopic (exact) mass is 636 g/mol. The van der Waals surface area contributed by atoms with Crippen molar-refractivity contribution < 1.29 is 22.8 Å². The van der Waals surface area contributed by atoms with Gasteiger partial charge in [-0.1, -0.05) is 40.0 Å². The van der Waals surface area contributed by atoms with E-state index in [4.69, 9.17) is 34.8 Å². The smallest absolute Gasteiger partial charge is 0.355 e. The molecule has 0 aliphatic heterocycles. The molecule has 0 fully saturated rings. The molecule has 0 aliphatic carbocycles. The first-order valence-electron chi connectivity index (χ1n) is 12.0. The number of pyridine rings is 1. The van der Waals surface area contributed by atoms with Gasteiger partial charge in [0.05, 0.1) is 44.6 Å². The quantitative estimate of drug-likeness (QED) is 0.237. The van der Waals surface area contributed by atoms with Crippen molar-refractivity contribution in [2.24, 2.45) is 0 Å². The number of amides is 2. The average molecular weight is 638 g/mol. The number of aromatic nitrogens is 6. The van der Waals surface area contributed by atoms with Gasteiger partial charge in [0.1, 0.15) is 11.2 Å². The summed E-state index contributed by atoms with van der Waals surface area (Å²) in [6.07, 6.45) is -3.20. The van der Waals surface area contributed by atoms with Crippen molar-refractivity contribution in [2.45, 2.75) is 19.6 Å². The molecule has 42 heavy (non-hydrogen) atoms. The van der Waals surface area contributed by atoms with Crippen molar-refractivity contribution in [1.29, 1.82) is 0 Å². The van der Waals surface area contributed by atoms with Gasteiger partial charge in [0, 0.05) is 18.3 Å². The van der Waals surface area contributed by atoms with Crippen molar-refractivity contribution in [3.63, 3.8) is 0 Å². The molecule has 2 N–H and O–H groups in total. The van der Waals surface area contributed by atoms with Gasteiger partial charge in [-0.05, 0) is 55.0 Å². The van der Waals surface area contributed by atoms with E-state index < -0.39 is 23.6 Å². The summed E-state index contributed by atoms with van der Waals surface area (Å²) < 4.78 is 42.7. The van der Waals surface area contributed by atoms with E-state index in [0.29, 0.717) is 10.6 Å². The van der Waals surface area contributed by atoms with E-state index in [0.717, 1.165) is 12.1 Å². The number of aryl methyl sites for hydroxylation is 1. The highest BCUT2D eigenvalue weighted by Crippen LogP contribution is 2.35. The van der Waals surface area contributed by atoms with Crippen LogP contribution in [0.5, 0.6) is 0 Å². The third-order valence-electron chi connectivity index (χ3n) is 6.16. The minimum absolute atomic E-state index is 0.0123. The van der Waals surface area contributed by atoms with Crippen LogP contribution in [0.2, 0.25) is 15.1 Å². The van der Waals surface area contributed by atoms with Gasteiger partial charge in [0.2, 0.25) is 0 Å². The molecular formula is C26H18Cl3F3N8O2. The van der Waals surface area contributed by atoms with Gasteiger partial charge >= 0.3 is 6.18 Å². The van der Waals surface area contributed by atoms with Crippen LogP contribution in [0, 0.1) is 6.92 Å². The fourth-order valence-electron chi connectivity index (χ4n) is 4.23. The van der Waals surface area contributed by atoms with Gasteiger partial charge in [0.25, 0.3) is 11.8 Å². The lowest BCUT2D eigenvalue weighted by Crippen LogP contribution is -2.23. The average Bonchev–Trinajstić information content (AvgIpc) is 3.54. The van der Waals surface area contributed by atoms with E-state index in [1.807, 2.05) is 0 Å². The van der Waals surface area contributed by atoms with Crippen LogP contribution in [-0.4, -0.2) is 48.6 Å². The third-order valence-corrected chi connectivity index (χ3v) is 6.96. The fraction of sp³-hybridized carbons (Fsp3) is 0.154. The van der Waals surface area contributed by atoms with Crippen molar-refractivity contribution in [3.8, 4) is 5.82 Å². The molecule has 0 radical (unpaired) electrons. The van der Waals surface area contributed by atoms with Crippen LogP contribution in [0.3, 0.4) is 0 Å². The number of carbonyl (C=O) groups is 2. The maximum absolute atomic E-state index is 13.7. The van der Waals surface area contributed by atoms with Gasteiger partial charge in [-0.3, -0.25) is 9.59 Å². The molecule has 2 aromatic carbocycles. The lowest BCUT2D eigenvalue weighted by Gasteiger charge is -2.14. The van der Waals surface area contributed by atoms with Crippen LogP contribution >= 0.6 is 34.8 Å². The Hall–Kier alpha value is -4.20. The molecule has 0 spiro atoms. The van der Waals surface area contributed by atoms with Crippen LogP contribution in [0.15, 0.2) is 48.7 Å². The SMILES string of the molecule is CNC(=O)c1cc(Cl)cc(C)c1NC(=O)c1cc(Cn2nnc3c(Cl)cc(C(F)(F)F)cc32)nn1-c1ncccc1Cl. The zero-order valence-corrected chi connectivity index (χ0v) is 23.9. The molecule has 5 aromatic rings. The Labute approximate surface area is 250 Å². The summed E-state index contributed by atoms with van der Waals surface area (Å²) in [5, 5.41) is 17.8. The van der Waals surface area contributed by atoms with E-state index in [-0.39, 0.29) is 56.1 Å². The van der Waals surface area contributed by atoms with Crippen LogP contribution in [-0.2, 0) is 12.7 Å². The minimum atomic E-state index is -4.65. The lowest BCUT2D eigenvalue weighted by molar-refractivity contribution is -0.137. The highest BCUT2D eigenvalue weighted by molar-refractivity contribution is 6.35. The number of hydrogen-bond acceptors (Lipinski definition) is 6. The molecule has 0 bridgehead atoms. The van der Waals surface area contributed by atoms with Gasteiger partial charge < -0.3 is 10.6 Å². The Bertz CT molecular complexity index is 1870. The molecule has 3 heterocycles. The standard InChI is InChI=1S/C26H18Cl3F3N8O2/c1-12-6-14(27)9-16(24(41)33-2)21(12)35-25(42)20-10-15(37-40(20)23-17(28)4-3-5-34-23)11-39-19-8-13(26(30,31)32)7-18(29)22(19)36-38-39/h3-10H,11H2,1-2H3,(H,33,41)(H,35,42). The van der Waals surface area contributed by atoms with Crippen LogP contribution in [0.1, 0.15) is 37.7 Å². The Balaban J connectivity index is 1.59. The molecule has 2 amide bonds. The summed E-state index contributed by atoms with van der Waals surface area (Å²) in [7, 11) is 1.44. The second-order valence-electron chi connectivity index (χ2n) is 8.99. The summed E-state index contributed by atoms with van der Waals surface area (Å²) in [5.74, 6) is -1.05. The predicted octanol–water partition coefficient (Wildman–Crippen LogP) is 5.96. The summed E-state index contributed by atoms with van der Waals surface area (Å²) in [5.41, 5.74) is 0.129. The summed E-state index contributed by atoms with van der Waals surface area (Å²) in [4.78, 5) is 30.4. The van der Waals surface area contributed by atoms with Gasteiger partial charge in [-0.15, -0.1) is 5.10 Å². The molecule has 0 aliphatic rings. The molecule has 0 saturated carbocycles. The molecule has 3 aromatic heterocycles. The lowest BCUT2D eigenvalue weighted by atomic mass is 10.1. The Morgan fingerprint density at radius 2 is 1.79 bits per heavy atom. The molecular weight excluding hydrogens is 620 g/mol. The third kappa shape index (κ3) is 5.62. The maximum atomic E-state index is 13.7. The maximum Gasteiger partial charge on any atom is 0.416 e. The van der Waals surface area contributed by atoms with Crippen LogP contribution in [0.25, 0.3) is 16.9 Å².